The maximum Gasteiger partial charge on any atom is 0.530 e. The first-order chi connectivity index (χ1) is 8.20. The van der Waals surface area contributed by atoms with Crippen LogP contribution in [0, 0.1) is 0 Å². The topological polar surface area (TPSA) is 44.8 Å². The monoisotopic (exact) mass is 386 g/mol. The Balaban J connectivity index is 2.65. The van der Waals surface area contributed by atoms with Crippen molar-refractivity contribution < 1.29 is 18.1 Å². The predicted molar refractivity (Wildman–Crippen MR) is 74.2 cm³/mol. The Labute approximate surface area is 118 Å². The van der Waals surface area contributed by atoms with Gasteiger partial charge in [-0.15, -0.1) is 0 Å². The summed E-state index contributed by atoms with van der Waals surface area (Å²) in [6, 6.07) is 8.81. The summed E-state index contributed by atoms with van der Waals surface area (Å²) in [5.41, 5.74) is 0. The Kier molecular flexibility index (Phi) is 7.39. The average molecular weight is 388 g/mol. The summed E-state index contributed by atoms with van der Waals surface area (Å²) in [5, 5.41) is 1.12. The van der Waals surface area contributed by atoms with Crippen molar-refractivity contribution in [3.63, 3.8) is 0 Å². The molecule has 17 heavy (non-hydrogen) atoms. The molecule has 0 spiro atoms. The minimum atomic E-state index is -3.53. The zero-order valence-corrected chi connectivity index (χ0v) is 13.1. The average Bonchev–Trinajstić information content (AvgIpc) is 2.35. The number of rotatable bonds is 8. The Hall–Kier alpha value is 0.130. The predicted octanol–water partition coefficient (Wildman–Crippen LogP) is 4.00. The first-order valence-corrected chi connectivity index (χ1v) is 8.66. The highest BCUT2D eigenvalue weighted by Crippen LogP contribution is 2.49. The molecule has 0 bridgehead atoms. The largest absolute Gasteiger partial charge is 0.530 e. The molecule has 0 fully saturated rings. The molecule has 0 N–H and O–H groups in total. The molecule has 0 amide bonds. The summed E-state index contributed by atoms with van der Waals surface area (Å²) < 4.78 is 27.7. The Morgan fingerprint density at radius 3 is 2.00 bits per heavy atom. The summed E-state index contributed by atoms with van der Waals surface area (Å²) >= 11 is 6.38. The second kappa shape index (κ2) is 8.27. The molecule has 0 aliphatic rings. The summed E-state index contributed by atoms with van der Waals surface area (Å²) in [6.45, 7) is 0.513. The first-order valence-electron chi connectivity index (χ1n) is 4.96. The first kappa shape index (κ1) is 15.2. The fourth-order valence-electron chi connectivity index (χ4n) is 0.993. The molecule has 0 aromatic heterocycles. The van der Waals surface area contributed by atoms with Crippen molar-refractivity contribution in [1.29, 1.82) is 0 Å². The molecule has 1 aromatic carbocycles. The molecule has 0 aliphatic heterocycles. The van der Waals surface area contributed by atoms with Crippen molar-refractivity contribution in [1.82, 2.24) is 0 Å². The van der Waals surface area contributed by atoms with Crippen LogP contribution in [0.4, 0.5) is 0 Å². The van der Waals surface area contributed by atoms with Crippen LogP contribution in [-0.2, 0) is 13.6 Å². The molecule has 0 aliphatic carbocycles. The third-order valence-electron chi connectivity index (χ3n) is 1.61. The van der Waals surface area contributed by atoms with Crippen molar-refractivity contribution in [3.05, 3.63) is 30.3 Å². The number of phosphoric acid groups is 1. The van der Waals surface area contributed by atoms with E-state index >= 15 is 0 Å². The van der Waals surface area contributed by atoms with E-state index in [9.17, 15) is 4.57 Å². The van der Waals surface area contributed by atoms with Gasteiger partial charge in [-0.2, -0.15) is 0 Å². The highest BCUT2D eigenvalue weighted by atomic mass is 79.9. The van der Waals surface area contributed by atoms with Gasteiger partial charge in [0.2, 0.25) is 0 Å². The second-order valence-electron chi connectivity index (χ2n) is 2.90. The molecule has 96 valence electrons. The van der Waals surface area contributed by atoms with Gasteiger partial charge in [-0.25, -0.2) is 4.57 Å². The van der Waals surface area contributed by atoms with Gasteiger partial charge in [-0.3, -0.25) is 9.05 Å². The maximum atomic E-state index is 12.2. The van der Waals surface area contributed by atoms with Gasteiger partial charge in [0.15, 0.2) is 0 Å². The van der Waals surface area contributed by atoms with Crippen LogP contribution in [0.2, 0.25) is 0 Å². The molecule has 0 heterocycles. The van der Waals surface area contributed by atoms with E-state index in [0.29, 0.717) is 16.4 Å². The molecule has 7 heteroatoms. The van der Waals surface area contributed by atoms with E-state index in [-0.39, 0.29) is 13.2 Å². The second-order valence-corrected chi connectivity index (χ2v) is 6.08. The fraction of sp³-hybridized carbons (Fsp3) is 0.400. The van der Waals surface area contributed by atoms with E-state index < -0.39 is 7.82 Å². The summed E-state index contributed by atoms with van der Waals surface area (Å²) in [5.74, 6) is 0.458. The highest BCUT2D eigenvalue weighted by molar-refractivity contribution is 9.09. The Morgan fingerprint density at radius 1 is 1.00 bits per heavy atom. The Bertz CT molecular complexity index is 349. The standard InChI is InChI=1S/C10H13Br2O4P/c11-6-8-14-17(13,15-9-7-12)16-10-4-2-1-3-5-10/h1-5H,6-9H2. The van der Waals surface area contributed by atoms with Gasteiger partial charge >= 0.3 is 7.82 Å². The number of hydrogen-bond donors (Lipinski definition) is 0. The summed E-state index contributed by atoms with van der Waals surface area (Å²) in [7, 11) is -3.53. The molecule has 0 radical (unpaired) electrons. The molecule has 1 aromatic rings. The molecule has 0 saturated carbocycles. The molecule has 0 saturated heterocycles. The van der Waals surface area contributed by atoms with Crippen molar-refractivity contribution in [3.8, 4) is 5.75 Å². The van der Waals surface area contributed by atoms with E-state index in [2.05, 4.69) is 31.9 Å². The number of benzene rings is 1. The van der Waals surface area contributed by atoms with Gasteiger partial charge < -0.3 is 4.52 Å². The van der Waals surface area contributed by atoms with Crippen molar-refractivity contribution in [2.24, 2.45) is 0 Å². The Morgan fingerprint density at radius 2 is 1.53 bits per heavy atom. The van der Waals surface area contributed by atoms with Crippen molar-refractivity contribution in [2.75, 3.05) is 23.9 Å². The number of para-hydroxylation sites is 1. The number of hydrogen-bond acceptors (Lipinski definition) is 4. The number of alkyl halides is 2. The van der Waals surface area contributed by atoms with E-state index in [1.807, 2.05) is 6.07 Å². The zero-order chi connectivity index (χ0) is 12.6. The van der Waals surface area contributed by atoms with Crippen LogP contribution < -0.4 is 4.52 Å². The molecule has 0 atom stereocenters. The lowest BCUT2D eigenvalue weighted by Gasteiger charge is -2.17. The van der Waals surface area contributed by atoms with E-state index in [0.717, 1.165) is 0 Å². The van der Waals surface area contributed by atoms with Gasteiger partial charge in [-0.1, -0.05) is 50.1 Å². The van der Waals surface area contributed by atoms with E-state index in [4.69, 9.17) is 13.6 Å². The lowest BCUT2D eigenvalue weighted by atomic mass is 10.3. The summed E-state index contributed by atoms with van der Waals surface area (Å²) in [6.07, 6.45) is 0. The van der Waals surface area contributed by atoms with Gasteiger partial charge in [-0.05, 0) is 12.1 Å². The van der Waals surface area contributed by atoms with Crippen LogP contribution in [0.25, 0.3) is 0 Å². The molecule has 1 rings (SSSR count). The number of phosphoric ester groups is 1. The minimum Gasteiger partial charge on any atom is -0.404 e. The van der Waals surface area contributed by atoms with Gasteiger partial charge in [0.25, 0.3) is 0 Å². The molecule has 4 nitrogen and oxygen atoms in total. The quantitative estimate of drug-likeness (QED) is 0.499. The zero-order valence-electron chi connectivity index (χ0n) is 9.05. The minimum absolute atomic E-state index is 0.256. The van der Waals surface area contributed by atoms with Crippen LogP contribution in [0.5, 0.6) is 5.75 Å². The van der Waals surface area contributed by atoms with Crippen LogP contribution >= 0.6 is 39.7 Å². The van der Waals surface area contributed by atoms with Crippen LogP contribution in [0.15, 0.2) is 30.3 Å². The van der Waals surface area contributed by atoms with Crippen molar-refractivity contribution in [2.45, 2.75) is 0 Å². The van der Waals surface area contributed by atoms with Crippen molar-refractivity contribution >= 4 is 39.7 Å². The fourth-order valence-corrected chi connectivity index (χ4v) is 3.01. The van der Waals surface area contributed by atoms with Crippen LogP contribution in [0.1, 0.15) is 0 Å². The third-order valence-corrected chi connectivity index (χ3v) is 3.69. The van der Waals surface area contributed by atoms with Gasteiger partial charge in [0, 0.05) is 10.7 Å². The normalized spacial score (nSPS) is 11.4. The molecular weight excluding hydrogens is 375 g/mol. The van der Waals surface area contributed by atoms with E-state index in [1.54, 1.807) is 24.3 Å². The summed E-state index contributed by atoms with van der Waals surface area (Å²) in [4.78, 5) is 0. The smallest absolute Gasteiger partial charge is 0.404 e. The van der Waals surface area contributed by atoms with Crippen LogP contribution in [0.3, 0.4) is 0 Å². The van der Waals surface area contributed by atoms with Gasteiger partial charge in [0.05, 0.1) is 13.2 Å². The SMILES string of the molecule is O=P(OCCBr)(OCCBr)Oc1ccccc1. The third kappa shape index (κ3) is 6.02. The number of halogens is 2. The molecule has 0 unspecified atom stereocenters. The highest BCUT2D eigenvalue weighted by Gasteiger charge is 2.28. The molecular formula is C10H13Br2O4P. The maximum absolute atomic E-state index is 12.2. The van der Waals surface area contributed by atoms with Gasteiger partial charge in [0.1, 0.15) is 5.75 Å². The van der Waals surface area contributed by atoms with E-state index in [1.165, 1.54) is 0 Å². The lowest BCUT2D eigenvalue weighted by molar-refractivity contribution is 0.170. The lowest BCUT2D eigenvalue weighted by Crippen LogP contribution is -2.05. The van der Waals surface area contributed by atoms with Crippen LogP contribution in [-0.4, -0.2) is 23.9 Å².